The van der Waals surface area contributed by atoms with Crippen LogP contribution in [0, 0.1) is 0 Å². The fourth-order valence-corrected chi connectivity index (χ4v) is 2.10. The minimum atomic E-state index is -4.44. The Balaban J connectivity index is 1.91. The van der Waals surface area contributed by atoms with Crippen molar-refractivity contribution in [2.45, 2.75) is 12.7 Å². The van der Waals surface area contributed by atoms with Crippen molar-refractivity contribution >= 4 is 5.69 Å². The highest BCUT2D eigenvalue weighted by molar-refractivity contribution is 5.65. The van der Waals surface area contributed by atoms with Crippen LogP contribution in [0.1, 0.15) is 11.1 Å². The lowest BCUT2D eigenvalue weighted by atomic mass is 10.1. The Bertz CT molecular complexity index is 771. The van der Waals surface area contributed by atoms with Crippen LogP contribution >= 0.6 is 0 Å². The Kier molecular flexibility index (Phi) is 4.01. The molecule has 1 N–H and O–H groups in total. The minimum absolute atomic E-state index is 0.278. The van der Waals surface area contributed by atoms with Gasteiger partial charge in [-0.05, 0) is 29.8 Å². The summed E-state index contributed by atoms with van der Waals surface area (Å²) in [4.78, 5) is 7.71. The molecule has 1 aromatic carbocycles. The van der Waals surface area contributed by atoms with Crippen LogP contribution in [0.5, 0.6) is 0 Å². The summed E-state index contributed by atoms with van der Waals surface area (Å²) in [6, 6.07) is 7.30. The molecule has 23 heavy (non-hydrogen) atoms. The second-order valence-electron chi connectivity index (χ2n) is 4.88. The van der Waals surface area contributed by atoms with Gasteiger partial charge >= 0.3 is 6.18 Å². The Morgan fingerprint density at radius 3 is 2.61 bits per heavy atom. The number of halogens is 3. The summed E-state index contributed by atoms with van der Waals surface area (Å²) in [6.45, 7) is 0.366. The predicted octanol–water partition coefficient (Wildman–Crippen LogP) is 4.37. The SMILES string of the molecule is FC(F)(F)c1cc(NCc2cccnc2)cc(-c2cnco2)c1. The van der Waals surface area contributed by atoms with Crippen LogP contribution in [0.15, 0.2) is 59.7 Å². The smallest absolute Gasteiger partial charge is 0.416 e. The highest BCUT2D eigenvalue weighted by Gasteiger charge is 2.31. The van der Waals surface area contributed by atoms with E-state index in [1.807, 2.05) is 6.07 Å². The third-order valence-electron chi connectivity index (χ3n) is 3.20. The summed E-state index contributed by atoms with van der Waals surface area (Å²) in [5.41, 5.74) is 0.771. The van der Waals surface area contributed by atoms with E-state index in [-0.39, 0.29) is 5.76 Å². The molecule has 0 amide bonds. The van der Waals surface area contributed by atoms with Crippen molar-refractivity contribution in [3.63, 3.8) is 0 Å². The molecule has 0 aliphatic carbocycles. The van der Waals surface area contributed by atoms with Crippen LogP contribution in [-0.4, -0.2) is 9.97 Å². The molecular formula is C16H12F3N3O. The molecule has 0 atom stereocenters. The monoisotopic (exact) mass is 319 g/mol. The van der Waals surface area contributed by atoms with Gasteiger partial charge in [-0.3, -0.25) is 4.98 Å². The number of alkyl halides is 3. The number of nitrogens with one attached hydrogen (secondary N) is 1. The highest BCUT2D eigenvalue weighted by atomic mass is 19.4. The number of hydrogen-bond acceptors (Lipinski definition) is 4. The Hall–Kier alpha value is -2.83. The number of pyridine rings is 1. The normalized spacial score (nSPS) is 11.4. The van der Waals surface area contributed by atoms with E-state index < -0.39 is 11.7 Å². The molecule has 0 spiro atoms. The maximum Gasteiger partial charge on any atom is 0.416 e. The first kappa shape index (κ1) is 15.1. The lowest BCUT2D eigenvalue weighted by Gasteiger charge is -2.13. The van der Waals surface area contributed by atoms with Crippen molar-refractivity contribution in [2.24, 2.45) is 0 Å². The van der Waals surface area contributed by atoms with Crippen LogP contribution in [0.25, 0.3) is 11.3 Å². The molecule has 2 aromatic heterocycles. The zero-order valence-corrected chi connectivity index (χ0v) is 11.8. The maximum absolute atomic E-state index is 13.1. The van der Waals surface area contributed by atoms with Gasteiger partial charge in [0.05, 0.1) is 11.8 Å². The average Bonchev–Trinajstić information content (AvgIpc) is 3.07. The van der Waals surface area contributed by atoms with E-state index >= 15 is 0 Å². The molecule has 0 bridgehead atoms. The topological polar surface area (TPSA) is 51.0 Å². The van der Waals surface area contributed by atoms with Gasteiger partial charge in [-0.15, -0.1) is 0 Å². The summed E-state index contributed by atoms with van der Waals surface area (Å²) in [6.07, 6.45) is 1.40. The van der Waals surface area contributed by atoms with E-state index in [0.717, 1.165) is 17.7 Å². The first-order valence-corrected chi connectivity index (χ1v) is 6.76. The van der Waals surface area contributed by atoms with Gasteiger partial charge in [0.2, 0.25) is 0 Å². The lowest BCUT2D eigenvalue weighted by Crippen LogP contribution is -2.07. The molecule has 0 aliphatic heterocycles. The molecule has 0 unspecified atom stereocenters. The molecule has 4 nitrogen and oxygen atoms in total. The van der Waals surface area contributed by atoms with Crippen LogP contribution in [0.3, 0.4) is 0 Å². The van der Waals surface area contributed by atoms with Gasteiger partial charge < -0.3 is 9.73 Å². The van der Waals surface area contributed by atoms with E-state index in [4.69, 9.17) is 4.42 Å². The van der Waals surface area contributed by atoms with Gasteiger partial charge in [-0.1, -0.05) is 6.07 Å². The third kappa shape index (κ3) is 3.68. The zero-order valence-electron chi connectivity index (χ0n) is 11.8. The lowest BCUT2D eigenvalue weighted by molar-refractivity contribution is -0.137. The number of hydrogen-bond donors (Lipinski definition) is 1. The first-order chi connectivity index (χ1) is 11.0. The number of nitrogens with zero attached hydrogens (tertiary/aromatic N) is 2. The minimum Gasteiger partial charge on any atom is -0.444 e. The van der Waals surface area contributed by atoms with Crippen molar-refractivity contribution in [2.75, 3.05) is 5.32 Å². The van der Waals surface area contributed by atoms with Crippen LogP contribution in [-0.2, 0) is 12.7 Å². The Morgan fingerprint density at radius 2 is 1.96 bits per heavy atom. The van der Waals surface area contributed by atoms with Crippen molar-refractivity contribution in [1.82, 2.24) is 9.97 Å². The molecule has 3 rings (SSSR count). The van der Waals surface area contributed by atoms with Gasteiger partial charge in [0.15, 0.2) is 12.2 Å². The molecule has 0 fully saturated rings. The molecular weight excluding hydrogens is 307 g/mol. The first-order valence-electron chi connectivity index (χ1n) is 6.76. The van der Waals surface area contributed by atoms with E-state index in [9.17, 15) is 13.2 Å². The fourth-order valence-electron chi connectivity index (χ4n) is 2.10. The quantitative estimate of drug-likeness (QED) is 0.776. The Labute approximate surface area is 130 Å². The van der Waals surface area contributed by atoms with Crippen LogP contribution in [0.2, 0.25) is 0 Å². The number of oxazole rings is 1. The maximum atomic E-state index is 13.1. The standard InChI is InChI=1S/C16H12F3N3O/c17-16(18,19)13-4-12(15-9-21-10-23-15)5-14(6-13)22-8-11-2-1-3-20-7-11/h1-7,9-10,22H,8H2. The van der Waals surface area contributed by atoms with Gasteiger partial charge in [0.1, 0.15) is 0 Å². The number of anilines is 1. The van der Waals surface area contributed by atoms with Crippen LogP contribution in [0.4, 0.5) is 18.9 Å². The average molecular weight is 319 g/mol. The number of benzene rings is 1. The molecule has 2 heterocycles. The third-order valence-corrected chi connectivity index (χ3v) is 3.20. The molecule has 3 aromatic rings. The van der Waals surface area contributed by atoms with Crippen molar-refractivity contribution in [1.29, 1.82) is 0 Å². The van der Waals surface area contributed by atoms with Gasteiger partial charge in [-0.2, -0.15) is 13.2 Å². The molecule has 118 valence electrons. The summed E-state index contributed by atoms with van der Waals surface area (Å²) >= 11 is 0. The molecule has 7 heteroatoms. The van der Waals surface area contributed by atoms with Crippen molar-refractivity contribution in [3.8, 4) is 11.3 Å². The molecule has 0 saturated heterocycles. The highest BCUT2D eigenvalue weighted by Crippen LogP contribution is 2.35. The summed E-state index contributed by atoms with van der Waals surface area (Å²) in [5, 5.41) is 2.97. The van der Waals surface area contributed by atoms with E-state index in [1.54, 1.807) is 24.5 Å². The van der Waals surface area contributed by atoms with Gasteiger partial charge in [-0.25, -0.2) is 4.98 Å². The number of rotatable bonds is 4. The van der Waals surface area contributed by atoms with Crippen molar-refractivity contribution < 1.29 is 17.6 Å². The largest absolute Gasteiger partial charge is 0.444 e. The number of aromatic nitrogens is 2. The zero-order chi connectivity index (χ0) is 16.3. The molecule has 0 aliphatic rings. The van der Waals surface area contributed by atoms with Gasteiger partial charge in [0.25, 0.3) is 0 Å². The summed E-state index contributed by atoms with van der Waals surface area (Å²) in [7, 11) is 0. The van der Waals surface area contributed by atoms with E-state index in [2.05, 4.69) is 15.3 Å². The second-order valence-corrected chi connectivity index (χ2v) is 4.88. The Morgan fingerprint density at radius 1 is 1.09 bits per heavy atom. The van der Waals surface area contributed by atoms with Crippen molar-refractivity contribution in [3.05, 3.63) is 66.4 Å². The summed E-state index contributed by atoms with van der Waals surface area (Å²) < 4.78 is 44.3. The molecule has 0 saturated carbocycles. The predicted molar refractivity (Wildman–Crippen MR) is 78.5 cm³/mol. The second kappa shape index (κ2) is 6.12. The summed E-state index contributed by atoms with van der Waals surface area (Å²) in [5.74, 6) is 0.278. The molecule has 0 radical (unpaired) electrons. The fraction of sp³-hybridized carbons (Fsp3) is 0.125. The van der Waals surface area contributed by atoms with E-state index in [1.165, 1.54) is 12.6 Å². The van der Waals surface area contributed by atoms with Gasteiger partial charge in [0, 0.05) is 30.2 Å². The van der Waals surface area contributed by atoms with Crippen LogP contribution < -0.4 is 5.32 Å². The van der Waals surface area contributed by atoms with E-state index in [0.29, 0.717) is 17.8 Å².